The highest BCUT2D eigenvalue weighted by molar-refractivity contribution is 5.97. The van der Waals surface area contributed by atoms with E-state index in [0.717, 1.165) is 32.7 Å². The fourth-order valence-electron chi connectivity index (χ4n) is 2.49. The monoisotopic (exact) mass is 337 g/mol. The van der Waals surface area contributed by atoms with Crippen LogP contribution in [0, 0.1) is 0 Å². The minimum Gasteiger partial charge on any atom is -0.351 e. The first-order valence-electron chi connectivity index (χ1n) is 7.38. The maximum atomic E-state index is 12.4. The Hall–Kier alpha value is -2.03. The van der Waals surface area contributed by atoms with Gasteiger partial charge in [-0.3, -0.25) is 9.69 Å². The van der Waals surface area contributed by atoms with Gasteiger partial charge in [-0.05, 0) is 22.6 Å². The molecule has 0 atom stereocenters. The fraction of sp³-hybridized carbons (Fsp3) is 0.429. The third kappa shape index (κ3) is 4.47. The Labute approximate surface area is 140 Å². The summed E-state index contributed by atoms with van der Waals surface area (Å²) in [5.41, 5.74) is 1.24. The molecule has 0 bridgehead atoms. The number of halogens is 1. The van der Waals surface area contributed by atoms with Crippen LogP contribution in [-0.2, 0) is 0 Å². The van der Waals surface area contributed by atoms with Crippen molar-refractivity contribution in [3.63, 3.8) is 0 Å². The van der Waals surface area contributed by atoms with Crippen LogP contribution in [0.3, 0.4) is 0 Å². The molecule has 0 unspecified atom stereocenters. The summed E-state index contributed by atoms with van der Waals surface area (Å²) >= 11 is 0. The summed E-state index contributed by atoms with van der Waals surface area (Å²) in [4.78, 5) is 14.7. The summed E-state index contributed by atoms with van der Waals surface area (Å²) < 4.78 is 1.49. The summed E-state index contributed by atoms with van der Waals surface area (Å²) in [7, 11) is 0. The zero-order valence-corrected chi connectivity index (χ0v) is 13.5. The van der Waals surface area contributed by atoms with E-state index in [0.29, 0.717) is 17.8 Å². The standard InChI is InChI=1S/C14H19N7O.ClH/c22-14(16-7-10-20-8-5-15-6-9-20)12-3-1-2-4-13(12)21-11-17-18-19-21;/h1-4,11,15H,5-10H2,(H,16,22);1H. The highest BCUT2D eigenvalue weighted by atomic mass is 35.5. The van der Waals surface area contributed by atoms with Crippen LogP contribution in [0.25, 0.3) is 5.69 Å². The van der Waals surface area contributed by atoms with Crippen molar-refractivity contribution >= 4 is 18.3 Å². The molecule has 2 aromatic rings. The predicted octanol–water partition coefficient (Wildman–Crippen LogP) is -0.281. The molecule has 8 nitrogen and oxygen atoms in total. The van der Waals surface area contributed by atoms with Crippen LogP contribution in [0.5, 0.6) is 0 Å². The Balaban J connectivity index is 0.00000192. The molecule has 0 radical (unpaired) electrons. The lowest BCUT2D eigenvalue weighted by molar-refractivity contribution is 0.0947. The number of piperazine rings is 1. The molecule has 9 heteroatoms. The molecule has 0 aliphatic carbocycles. The first kappa shape index (κ1) is 17.3. The van der Waals surface area contributed by atoms with Gasteiger partial charge in [0.15, 0.2) is 0 Å². The van der Waals surface area contributed by atoms with Gasteiger partial charge in [-0.15, -0.1) is 17.5 Å². The number of nitrogens with one attached hydrogen (secondary N) is 2. The van der Waals surface area contributed by atoms with E-state index in [2.05, 4.69) is 31.1 Å². The van der Waals surface area contributed by atoms with Gasteiger partial charge in [-0.1, -0.05) is 12.1 Å². The van der Waals surface area contributed by atoms with Crippen LogP contribution in [0.1, 0.15) is 10.4 Å². The molecule has 3 rings (SSSR count). The SMILES string of the molecule is Cl.O=C(NCCN1CCNCC1)c1ccccc1-n1cnnn1. The number of tetrazole rings is 1. The molecule has 1 aliphatic heterocycles. The van der Waals surface area contributed by atoms with Crippen LogP contribution in [0.2, 0.25) is 0 Å². The molecule has 1 saturated heterocycles. The van der Waals surface area contributed by atoms with Crippen LogP contribution in [0.4, 0.5) is 0 Å². The van der Waals surface area contributed by atoms with Gasteiger partial charge in [0, 0.05) is 39.3 Å². The number of rotatable bonds is 5. The predicted molar refractivity (Wildman–Crippen MR) is 88.0 cm³/mol. The molecule has 0 saturated carbocycles. The molecule has 1 fully saturated rings. The number of carbonyl (C=O) groups excluding carboxylic acids is 1. The van der Waals surface area contributed by atoms with Gasteiger partial charge in [0.1, 0.15) is 6.33 Å². The number of carbonyl (C=O) groups is 1. The number of hydrogen-bond acceptors (Lipinski definition) is 6. The molecule has 1 aromatic heterocycles. The highest BCUT2D eigenvalue weighted by Crippen LogP contribution is 2.12. The lowest BCUT2D eigenvalue weighted by atomic mass is 10.1. The van der Waals surface area contributed by atoms with Gasteiger partial charge >= 0.3 is 0 Å². The maximum absolute atomic E-state index is 12.4. The second kappa shape index (κ2) is 8.56. The van der Waals surface area contributed by atoms with Crippen LogP contribution in [-0.4, -0.2) is 70.3 Å². The van der Waals surface area contributed by atoms with E-state index in [1.165, 1.54) is 11.0 Å². The van der Waals surface area contributed by atoms with Crippen LogP contribution < -0.4 is 10.6 Å². The van der Waals surface area contributed by atoms with Crippen molar-refractivity contribution in [3.05, 3.63) is 36.2 Å². The topological polar surface area (TPSA) is 88.0 Å². The van der Waals surface area contributed by atoms with Crippen molar-refractivity contribution in [1.82, 2.24) is 35.7 Å². The normalized spacial score (nSPS) is 15.0. The van der Waals surface area contributed by atoms with Crippen molar-refractivity contribution in [1.29, 1.82) is 0 Å². The number of para-hydroxylation sites is 1. The zero-order valence-electron chi connectivity index (χ0n) is 12.7. The van der Waals surface area contributed by atoms with E-state index in [-0.39, 0.29) is 18.3 Å². The number of aromatic nitrogens is 4. The summed E-state index contributed by atoms with van der Waals surface area (Å²) in [6, 6.07) is 7.28. The first-order chi connectivity index (χ1) is 10.8. The lowest BCUT2D eigenvalue weighted by Gasteiger charge is -2.27. The van der Waals surface area contributed by atoms with E-state index in [9.17, 15) is 4.79 Å². The van der Waals surface area contributed by atoms with Crippen LogP contribution >= 0.6 is 12.4 Å². The minimum atomic E-state index is -0.110. The summed E-state index contributed by atoms with van der Waals surface area (Å²) in [5.74, 6) is -0.110. The van der Waals surface area contributed by atoms with Crippen LogP contribution in [0.15, 0.2) is 30.6 Å². The molecule has 1 aliphatic rings. The molecular formula is C14H20ClN7O. The Morgan fingerprint density at radius 1 is 1.26 bits per heavy atom. The Morgan fingerprint density at radius 2 is 2.04 bits per heavy atom. The van der Waals surface area contributed by atoms with Crippen molar-refractivity contribution < 1.29 is 4.79 Å². The van der Waals surface area contributed by atoms with Gasteiger partial charge in [-0.2, -0.15) is 4.68 Å². The van der Waals surface area contributed by atoms with E-state index in [1.807, 2.05) is 18.2 Å². The largest absolute Gasteiger partial charge is 0.351 e. The molecule has 1 amide bonds. The fourth-order valence-corrected chi connectivity index (χ4v) is 2.49. The number of benzene rings is 1. The second-order valence-corrected chi connectivity index (χ2v) is 5.12. The molecule has 1 aromatic carbocycles. The van der Waals surface area contributed by atoms with Gasteiger partial charge in [0.25, 0.3) is 5.91 Å². The third-order valence-electron chi connectivity index (χ3n) is 3.67. The van der Waals surface area contributed by atoms with E-state index >= 15 is 0 Å². The summed E-state index contributed by atoms with van der Waals surface area (Å²) in [5, 5.41) is 17.3. The molecule has 2 N–H and O–H groups in total. The highest BCUT2D eigenvalue weighted by Gasteiger charge is 2.14. The van der Waals surface area contributed by atoms with Gasteiger partial charge in [0.2, 0.25) is 0 Å². The van der Waals surface area contributed by atoms with Gasteiger partial charge in [-0.25, -0.2) is 0 Å². The first-order valence-corrected chi connectivity index (χ1v) is 7.38. The van der Waals surface area contributed by atoms with E-state index in [4.69, 9.17) is 0 Å². The third-order valence-corrected chi connectivity index (χ3v) is 3.67. The molecular weight excluding hydrogens is 318 g/mol. The van der Waals surface area contributed by atoms with Gasteiger partial charge < -0.3 is 10.6 Å². The van der Waals surface area contributed by atoms with E-state index in [1.54, 1.807) is 6.07 Å². The molecule has 124 valence electrons. The lowest BCUT2D eigenvalue weighted by Crippen LogP contribution is -2.46. The maximum Gasteiger partial charge on any atom is 0.253 e. The number of nitrogens with zero attached hydrogens (tertiary/aromatic N) is 5. The average Bonchev–Trinajstić information content (AvgIpc) is 3.10. The number of amides is 1. The Morgan fingerprint density at radius 3 is 2.78 bits per heavy atom. The van der Waals surface area contributed by atoms with Crippen molar-refractivity contribution in [2.45, 2.75) is 0 Å². The van der Waals surface area contributed by atoms with E-state index < -0.39 is 0 Å². The molecule has 0 spiro atoms. The summed E-state index contributed by atoms with van der Waals surface area (Å²) in [6.07, 6.45) is 1.48. The second-order valence-electron chi connectivity index (χ2n) is 5.12. The summed E-state index contributed by atoms with van der Waals surface area (Å²) in [6.45, 7) is 5.56. The number of hydrogen-bond donors (Lipinski definition) is 2. The van der Waals surface area contributed by atoms with Gasteiger partial charge in [0.05, 0.1) is 11.3 Å². The van der Waals surface area contributed by atoms with Crippen molar-refractivity contribution in [2.24, 2.45) is 0 Å². The van der Waals surface area contributed by atoms with Crippen molar-refractivity contribution in [2.75, 3.05) is 39.3 Å². The minimum absolute atomic E-state index is 0. The smallest absolute Gasteiger partial charge is 0.253 e. The average molecular weight is 338 g/mol. The molecule has 23 heavy (non-hydrogen) atoms. The Kier molecular flexibility index (Phi) is 6.45. The van der Waals surface area contributed by atoms with Crippen molar-refractivity contribution in [3.8, 4) is 5.69 Å². The Bertz CT molecular complexity index is 613. The molecule has 2 heterocycles. The zero-order chi connectivity index (χ0) is 15.2. The quantitative estimate of drug-likeness (QED) is 0.780.